The molecule has 2 aromatic heterocycles. The smallest absolute Gasteiger partial charge is 0.274 e. The fourth-order valence-electron chi connectivity index (χ4n) is 4.41. The van der Waals surface area contributed by atoms with E-state index in [1.165, 1.54) is 22.4 Å². The van der Waals surface area contributed by atoms with Gasteiger partial charge in [-0.1, -0.05) is 35.0 Å². The Bertz CT molecular complexity index is 1210. The largest absolute Gasteiger partial charge is 0.337 e. The number of hydrogen-bond acceptors (Lipinski definition) is 6. The van der Waals surface area contributed by atoms with Crippen LogP contribution in [0.25, 0.3) is 5.57 Å². The van der Waals surface area contributed by atoms with E-state index < -0.39 is 0 Å². The van der Waals surface area contributed by atoms with Crippen LogP contribution in [0.3, 0.4) is 0 Å². The molecule has 1 saturated carbocycles. The quantitative estimate of drug-likeness (QED) is 0.547. The first-order chi connectivity index (χ1) is 15.0. The van der Waals surface area contributed by atoms with Crippen molar-refractivity contribution in [2.75, 3.05) is 7.05 Å². The van der Waals surface area contributed by atoms with Gasteiger partial charge in [-0.05, 0) is 48.2 Å². The van der Waals surface area contributed by atoms with Crippen LogP contribution < -0.4 is 0 Å². The van der Waals surface area contributed by atoms with Crippen LogP contribution in [0.2, 0.25) is 5.02 Å². The summed E-state index contributed by atoms with van der Waals surface area (Å²) < 4.78 is 7.05. The number of hydrogen-bond donors (Lipinski definition) is 0. The standard InChI is InChI=1S/C22H21ClN6O2/c1-24-21-19(29(3)11-25-21)22(30)28(2)10-17-26-20(27-31-17)18-15-8-13(9-16(15)18)12-5-4-6-14(23)7-12/h4-8,11,15-16,18H,1,9-10H2,2-3H3/t15-,16+,18+/m0/s1. The van der Waals surface area contributed by atoms with Crippen molar-refractivity contribution in [2.45, 2.75) is 18.9 Å². The van der Waals surface area contributed by atoms with Gasteiger partial charge in [0.05, 0.1) is 6.33 Å². The first-order valence-electron chi connectivity index (χ1n) is 9.99. The Balaban J connectivity index is 1.25. The van der Waals surface area contributed by atoms with Gasteiger partial charge in [-0.15, -0.1) is 0 Å². The third-order valence-electron chi connectivity index (χ3n) is 6.05. The van der Waals surface area contributed by atoms with Crippen molar-refractivity contribution in [3.63, 3.8) is 0 Å². The van der Waals surface area contributed by atoms with Crippen molar-refractivity contribution < 1.29 is 9.32 Å². The maximum Gasteiger partial charge on any atom is 0.274 e. The fourth-order valence-corrected chi connectivity index (χ4v) is 4.60. The zero-order chi connectivity index (χ0) is 21.7. The second-order valence-electron chi connectivity index (χ2n) is 8.07. The summed E-state index contributed by atoms with van der Waals surface area (Å²) in [6.07, 6.45) is 4.82. The van der Waals surface area contributed by atoms with Crippen LogP contribution in [0, 0.1) is 11.8 Å². The molecule has 2 heterocycles. The lowest BCUT2D eigenvalue weighted by atomic mass is 10.0. The molecule has 1 aromatic carbocycles. The maximum absolute atomic E-state index is 12.8. The Morgan fingerprint density at radius 1 is 1.45 bits per heavy atom. The van der Waals surface area contributed by atoms with Gasteiger partial charge in [0.2, 0.25) is 5.89 Å². The van der Waals surface area contributed by atoms with Crippen molar-refractivity contribution in [1.29, 1.82) is 0 Å². The van der Waals surface area contributed by atoms with Gasteiger partial charge in [-0.3, -0.25) is 4.79 Å². The molecule has 1 fully saturated rings. The van der Waals surface area contributed by atoms with E-state index >= 15 is 0 Å². The number of benzene rings is 1. The van der Waals surface area contributed by atoms with Crippen LogP contribution in [0.15, 0.2) is 46.2 Å². The van der Waals surface area contributed by atoms with E-state index in [2.05, 4.69) is 39.0 Å². The second kappa shape index (κ2) is 7.46. The number of aromatic nitrogens is 4. The van der Waals surface area contributed by atoms with Crippen molar-refractivity contribution >= 4 is 35.6 Å². The molecule has 0 N–H and O–H groups in total. The number of carbonyl (C=O) groups is 1. The Morgan fingerprint density at radius 2 is 2.29 bits per heavy atom. The summed E-state index contributed by atoms with van der Waals surface area (Å²) in [6.45, 7) is 3.68. The minimum absolute atomic E-state index is 0.208. The van der Waals surface area contributed by atoms with Gasteiger partial charge in [0.1, 0.15) is 6.54 Å². The molecule has 2 aliphatic carbocycles. The topological polar surface area (TPSA) is 89.4 Å². The summed E-state index contributed by atoms with van der Waals surface area (Å²) in [5, 5.41) is 4.93. The zero-order valence-electron chi connectivity index (χ0n) is 17.2. The van der Waals surface area contributed by atoms with Crippen molar-refractivity contribution in [2.24, 2.45) is 23.9 Å². The summed E-state index contributed by atoms with van der Waals surface area (Å²) in [7, 11) is 3.42. The average molecular weight is 437 g/mol. The molecular weight excluding hydrogens is 416 g/mol. The van der Waals surface area contributed by atoms with Crippen LogP contribution >= 0.6 is 11.6 Å². The van der Waals surface area contributed by atoms with Crippen LogP contribution in [0.4, 0.5) is 5.82 Å². The predicted molar refractivity (Wildman–Crippen MR) is 116 cm³/mol. The predicted octanol–water partition coefficient (Wildman–Crippen LogP) is 3.88. The number of halogens is 1. The number of aliphatic imine (C=N–C) groups is 1. The molecule has 158 valence electrons. The fraction of sp³-hybridized carbons (Fsp3) is 0.318. The normalized spacial score (nSPS) is 21.5. The molecule has 8 nitrogen and oxygen atoms in total. The van der Waals surface area contributed by atoms with Crippen LogP contribution in [-0.4, -0.2) is 44.3 Å². The van der Waals surface area contributed by atoms with E-state index in [9.17, 15) is 4.79 Å². The average Bonchev–Trinajstić information content (AvgIpc) is 3.18. The number of carbonyl (C=O) groups excluding carboxylic acids is 1. The molecule has 5 rings (SSSR count). The number of imidazole rings is 1. The molecule has 2 aliphatic rings. The van der Waals surface area contributed by atoms with E-state index in [0.717, 1.165) is 11.4 Å². The summed E-state index contributed by atoms with van der Waals surface area (Å²) in [5.74, 6) is 2.38. The van der Waals surface area contributed by atoms with Crippen LogP contribution in [-0.2, 0) is 13.6 Å². The van der Waals surface area contributed by atoms with Crippen molar-refractivity contribution in [3.8, 4) is 0 Å². The number of rotatable bonds is 6. The lowest BCUT2D eigenvalue weighted by Gasteiger charge is -2.15. The summed E-state index contributed by atoms with van der Waals surface area (Å²) in [4.78, 5) is 26.7. The summed E-state index contributed by atoms with van der Waals surface area (Å²) in [6, 6.07) is 7.95. The molecular formula is C22H21ClN6O2. The SMILES string of the molecule is C=Nc1ncn(C)c1C(=O)N(C)Cc1nc([C@@H]2[C@H]3C=C(c4cccc(Cl)c4)C[C@H]32)no1. The van der Waals surface area contributed by atoms with E-state index in [1.54, 1.807) is 18.7 Å². The third-order valence-corrected chi connectivity index (χ3v) is 6.28. The van der Waals surface area contributed by atoms with Gasteiger partial charge in [0.15, 0.2) is 17.3 Å². The number of allylic oxidation sites excluding steroid dienone is 2. The zero-order valence-corrected chi connectivity index (χ0v) is 18.0. The molecule has 0 bridgehead atoms. The number of aryl methyl sites for hydroxylation is 1. The molecule has 0 radical (unpaired) electrons. The minimum Gasteiger partial charge on any atom is -0.337 e. The molecule has 3 aromatic rings. The van der Waals surface area contributed by atoms with Gasteiger partial charge in [0, 0.05) is 25.0 Å². The van der Waals surface area contributed by atoms with Gasteiger partial charge in [0.25, 0.3) is 5.91 Å². The van der Waals surface area contributed by atoms with Gasteiger partial charge in [-0.25, -0.2) is 9.98 Å². The van der Waals surface area contributed by atoms with Crippen molar-refractivity contribution in [1.82, 2.24) is 24.6 Å². The Labute approximate surface area is 184 Å². The monoisotopic (exact) mass is 436 g/mol. The molecule has 0 spiro atoms. The molecule has 3 atom stereocenters. The van der Waals surface area contributed by atoms with E-state index in [1.807, 2.05) is 18.2 Å². The molecule has 31 heavy (non-hydrogen) atoms. The minimum atomic E-state index is -0.237. The highest BCUT2D eigenvalue weighted by Crippen LogP contribution is 2.62. The molecule has 0 saturated heterocycles. The molecule has 0 unspecified atom stereocenters. The molecule has 9 heteroatoms. The maximum atomic E-state index is 12.8. The number of amides is 1. The second-order valence-corrected chi connectivity index (χ2v) is 8.50. The van der Waals surface area contributed by atoms with Crippen molar-refractivity contribution in [3.05, 3.63) is 64.7 Å². The molecule has 0 aliphatic heterocycles. The highest BCUT2D eigenvalue weighted by molar-refractivity contribution is 6.30. The number of nitrogens with zero attached hydrogens (tertiary/aromatic N) is 6. The Hall–Kier alpha value is -3.26. The Morgan fingerprint density at radius 3 is 3.00 bits per heavy atom. The highest BCUT2D eigenvalue weighted by Gasteiger charge is 2.55. The van der Waals surface area contributed by atoms with E-state index in [0.29, 0.717) is 35.1 Å². The van der Waals surface area contributed by atoms with Gasteiger partial charge < -0.3 is 14.0 Å². The first kappa shape index (κ1) is 19.7. The Kier molecular flexibility index (Phi) is 4.74. The third kappa shape index (κ3) is 3.46. The summed E-state index contributed by atoms with van der Waals surface area (Å²) in [5.41, 5.74) is 2.87. The first-order valence-corrected chi connectivity index (χ1v) is 10.4. The lowest BCUT2D eigenvalue weighted by molar-refractivity contribution is 0.0761. The lowest BCUT2D eigenvalue weighted by Crippen LogP contribution is -2.28. The highest BCUT2D eigenvalue weighted by atomic mass is 35.5. The van der Waals surface area contributed by atoms with E-state index in [-0.39, 0.29) is 18.4 Å². The van der Waals surface area contributed by atoms with E-state index in [4.69, 9.17) is 16.1 Å². The van der Waals surface area contributed by atoms with Gasteiger partial charge in [-0.2, -0.15) is 4.98 Å². The van der Waals surface area contributed by atoms with Crippen LogP contribution in [0.5, 0.6) is 0 Å². The molecule has 1 amide bonds. The van der Waals surface area contributed by atoms with Gasteiger partial charge >= 0.3 is 0 Å². The summed E-state index contributed by atoms with van der Waals surface area (Å²) >= 11 is 6.12. The van der Waals surface area contributed by atoms with Crippen LogP contribution in [0.1, 0.15) is 40.1 Å². The number of fused-ring (bicyclic) bond motifs is 1.